The van der Waals surface area contributed by atoms with Crippen molar-refractivity contribution in [1.82, 2.24) is 0 Å². The van der Waals surface area contributed by atoms with Crippen molar-refractivity contribution >= 4 is 11.7 Å². The minimum atomic E-state index is -4.85. The lowest BCUT2D eigenvalue weighted by Gasteiger charge is -2.18. The van der Waals surface area contributed by atoms with Gasteiger partial charge in [0.25, 0.3) is 0 Å². The van der Waals surface area contributed by atoms with Crippen molar-refractivity contribution in [2.45, 2.75) is 6.18 Å². The van der Waals surface area contributed by atoms with E-state index in [1.165, 1.54) is 25.3 Å². The summed E-state index contributed by atoms with van der Waals surface area (Å²) in [5, 5.41) is 19.6. The molecule has 0 fully saturated rings. The van der Waals surface area contributed by atoms with E-state index in [1.807, 2.05) is 6.07 Å². The molecular formula is C12H11F3N2O3. The maximum atomic E-state index is 12.5. The highest BCUT2D eigenvalue weighted by atomic mass is 19.4. The quantitative estimate of drug-likeness (QED) is 0.868. The second-order valence-corrected chi connectivity index (χ2v) is 3.84. The number of aliphatic carboxylic acids is 1. The molecule has 108 valence electrons. The molecule has 0 saturated carbocycles. The fourth-order valence-electron chi connectivity index (χ4n) is 1.46. The predicted octanol–water partition coefficient (Wildman–Crippen LogP) is 2.24. The van der Waals surface area contributed by atoms with Gasteiger partial charge in [-0.1, -0.05) is 0 Å². The maximum Gasteiger partial charge on any atom is 0.403 e. The van der Waals surface area contributed by atoms with Gasteiger partial charge >= 0.3 is 12.1 Å². The third-order valence-corrected chi connectivity index (χ3v) is 2.52. The summed E-state index contributed by atoms with van der Waals surface area (Å²) in [6.45, 7) is -0.832. The molecule has 2 N–H and O–H groups in total. The average molecular weight is 288 g/mol. The van der Waals surface area contributed by atoms with Crippen LogP contribution in [0.5, 0.6) is 5.75 Å². The highest BCUT2D eigenvalue weighted by Gasteiger charge is 2.44. The van der Waals surface area contributed by atoms with Crippen LogP contribution in [-0.4, -0.2) is 30.9 Å². The maximum absolute atomic E-state index is 12.5. The standard InChI is InChI=1S/C12H11F3N2O3/c1-20-10-4-7(5-16)2-3-9(10)17-6-8(11(18)19)12(13,14)15/h2-4,8,17H,6H2,1H3,(H,18,19). The van der Waals surface area contributed by atoms with Crippen molar-refractivity contribution in [1.29, 1.82) is 5.26 Å². The lowest BCUT2D eigenvalue weighted by atomic mass is 10.1. The Hall–Kier alpha value is -2.43. The molecule has 8 heteroatoms. The zero-order valence-electron chi connectivity index (χ0n) is 10.4. The molecule has 0 amide bonds. The van der Waals surface area contributed by atoms with Crippen LogP contribution in [0.1, 0.15) is 5.56 Å². The monoisotopic (exact) mass is 288 g/mol. The van der Waals surface area contributed by atoms with Crippen LogP contribution in [0.4, 0.5) is 18.9 Å². The number of anilines is 1. The zero-order chi connectivity index (χ0) is 15.3. The number of carbonyl (C=O) groups is 1. The second-order valence-electron chi connectivity index (χ2n) is 3.84. The van der Waals surface area contributed by atoms with Crippen LogP contribution in [0.2, 0.25) is 0 Å². The molecule has 1 aromatic rings. The number of benzene rings is 1. The summed E-state index contributed by atoms with van der Waals surface area (Å²) in [7, 11) is 1.29. The lowest BCUT2D eigenvalue weighted by Crippen LogP contribution is -2.36. The van der Waals surface area contributed by atoms with Crippen molar-refractivity contribution < 1.29 is 27.8 Å². The number of carboxylic acid groups (broad SMARTS) is 1. The molecule has 0 spiro atoms. The third-order valence-electron chi connectivity index (χ3n) is 2.52. The number of alkyl halides is 3. The number of carboxylic acids is 1. The van der Waals surface area contributed by atoms with E-state index < -0.39 is 24.6 Å². The Balaban J connectivity index is 2.89. The number of hydrogen-bond donors (Lipinski definition) is 2. The first-order valence-electron chi connectivity index (χ1n) is 5.41. The van der Waals surface area contributed by atoms with Crippen molar-refractivity contribution in [3.05, 3.63) is 23.8 Å². The highest BCUT2D eigenvalue weighted by molar-refractivity contribution is 5.72. The van der Waals surface area contributed by atoms with Gasteiger partial charge in [0.15, 0.2) is 5.92 Å². The van der Waals surface area contributed by atoms with Crippen LogP contribution in [0, 0.1) is 17.2 Å². The van der Waals surface area contributed by atoms with Gasteiger partial charge in [0.2, 0.25) is 0 Å². The van der Waals surface area contributed by atoms with Crippen LogP contribution in [-0.2, 0) is 4.79 Å². The number of nitrogens with zero attached hydrogens (tertiary/aromatic N) is 1. The molecule has 1 aromatic carbocycles. The molecule has 0 radical (unpaired) electrons. The van der Waals surface area contributed by atoms with Gasteiger partial charge in [0.05, 0.1) is 24.4 Å². The summed E-state index contributed by atoms with van der Waals surface area (Å²) in [6, 6.07) is 5.93. The first-order valence-corrected chi connectivity index (χ1v) is 5.41. The molecule has 1 rings (SSSR count). The van der Waals surface area contributed by atoms with Gasteiger partial charge in [-0.2, -0.15) is 18.4 Å². The van der Waals surface area contributed by atoms with Gasteiger partial charge in [-0.25, -0.2) is 0 Å². The van der Waals surface area contributed by atoms with E-state index in [1.54, 1.807) is 0 Å². The van der Waals surface area contributed by atoms with E-state index >= 15 is 0 Å². The van der Waals surface area contributed by atoms with Crippen molar-refractivity contribution in [3.8, 4) is 11.8 Å². The Morgan fingerprint density at radius 1 is 1.55 bits per heavy atom. The van der Waals surface area contributed by atoms with Gasteiger partial charge < -0.3 is 15.2 Å². The zero-order valence-corrected chi connectivity index (χ0v) is 10.4. The van der Waals surface area contributed by atoms with Crippen molar-refractivity contribution in [2.24, 2.45) is 5.92 Å². The highest BCUT2D eigenvalue weighted by Crippen LogP contribution is 2.29. The van der Waals surface area contributed by atoms with E-state index in [0.717, 1.165) is 0 Å². The summed E-state index contributed by atoms with van der Waals surface area (Å²) >= 11 is 0. The summed E-state index contributed by atoms with van der Waals surface area (Å²) < 4.78 is 42.4. The molecule has 0 saturated heterocycles. The second kappa shape index (κ2) is 6.14. The lowest BCUT2D eigenvalue weighted by molar-refractivity contribution is -0.190. The number of halogens is 3. The van der Waals surface area contributed by atoms with E-state index in [-0.39, 0.29) is 17.0 Å². The summed E-state index contributed by atoms with van der Waals surface area (Å²) in [4.78, 5) is 10.6. The summed E-state index contributed by atoms with van der Waals surface area (Å²) in [5.74, 6) is -4.32. The normalized spacial score (nSPS) is 12.3. The van der Waals surface area contributed by atoms with Crippen LogP contribution < -0.4 is 10.1 Å². The summed E-state index contributed by atoms with van der Waals surface area (Å²) in [6.07, 6.45) is -4.85. The van der Waals surface area contributed by atoms with Gasteiger partial charge in [0.1, 0.15) is 5.75 Å². The number of rotatable bonds is 5. The molecule has 0 aromatic heterocycles. The smallest absolute Gasteiger partial charge is 0.403 e. The Morgan fingerprint density at radius 3 is 2.65 bits per heavy atom. The van der Waals surface area contributed by atoms with Crippen LogP contribution in [0.25, 0.3) is 0 Å². The summed E-state index contributed by atoms with van der Waals surface area (Å²) in [5.41, 5.74) is 0.458. The number of methoxy groups -OCH3 is 1. The first-order chi connectivity index (χ1) is 9.29. The number of ether oxygens (including phenoxy) is 1. The molecule has 20 heavy (non-hydrogen) atoms. The van der Waals surface area contributed by atoms with Crippen molar-refractivity contribution in [2.75, 3.05) is 19.0 Å². The Labute approximate surface area is 112 Å². The number of nitrogens with one attached hydrogen (secondary N) is 1. The predicted molar refractivity (Wildman–Crippen MR) is 63.4 cm³/mol. The number of hydrogen-bond acceptors (Lipinski definition) is 4. The molecule has 0 heterocycles. The Bertz CT molecular complexity index is 538. The molecule has 0 bridgehead atoms. The van der Waals surface area contributed by atoms with Crippen LogP contribution in [0.15, 0.2) is 18.2 Å². The Kier molecular flexibility index (Phi) is 4.80. The molecule has 0 aliphatic rings. The number of nitriles is 1. The topological polar surface area (TPSA) is 82.3 Å². The molecule has 5 nitrogen and oxygen atoms in total. The molecule has 0 aliphatic carbocycles. The molecular weight excluding hydrogens is 277 g/mol. The van der Waals surface area contributed by atoms with Crippen molar-refractivity contribution in [3.63, 3.8) is 0 Å². The van der Waals surface area contributed by atoms with Gasteiger partial charge in [-0.05, 0) is 12.1 Å². The van der Waals surface area contributed by atoms with E-state index in [2.05, 4.69) is 5.32 Å². The minimum Gasteiger partial charge on any atom is -0.495 e. The minimum absolute atomic E-state index is 0.162. The van der Waals surface area contributed by atoms with Crippen LogP contribution >= 0.6 is 0 Å². The Morgan fingerprint density at radius 2 is 2.20 bits per heavy atom. The van der Waals surface area contributed by atoms with Crippen LogP contribution in [0.3, 0.4) is 0 Å². The molecule has 1 atom stereocenters. The fraction of sp³-hybridized carbons (Fsp3) is 0.333. The molecule has 0 aliphatic heterocycles. The largest absolute Gasteiger partial charge is 0.495 e. The fourth-order valence-corrected chi connectivity index (χ4v) is 1.46. The van der Waals surface area contributed by atoms with E-state index in [9.17, 15) is 18.0 Å². The first kappa shape index (κ1) is 15.6. The van der Waals surface area contributed by atoms with Gasteiger partial charge in [-0.15, -0.1) is 0 Å². The van der Waals surface area contributed by atoms with E-state index in [4.69, 9.17) is 15.1 Å². The SMILES string of the molecule is COc1cc(C#N)ccc1NCC(C(=O)O)C(F)(F)F. The van der Waals surface area contributed by atoms with E-state index in [0.29, 0.717) is 0 Å². The van der Waals surface area contributed by atoms with Gasteiger partial charge in [0, 0.05) is 12.6 Å². The average Bonchev–Trinajstić information content (AvgIpc) is 2.37. The van der Waals surface area contributed by atoms with Gasteiger partial charge in [-0.3, -0.25) is 4.79 Å². The molecule has 1 unspecified atom stereocenters. The third kappa shape index (κ3) is 3.78.